The summed E-state index contributed by atoms with van der Waals surface area (Å²) in [6.45, 7) is 1.80. The molecular weight excluding hydrogens is 140 g/mol. The van der Waals surface area contributed by atoms with E-state index in [1.54, 1.807) is 6.92 Å². The molecule has 0 aromatic carbocycles. The van der Waals surface area contributed by atoms with Crippen LogP contribution in [0, 0.1) is 17.3 Å². The Bertz CT molecular complexity index is 232. The average molecular weight is 151 g/mol. The molecule has 3 atom stereocenters. The summed E-state index contributed by atoms with van der Waals surface area (Å²) in [6, 6.07) is 0. The summed E-state index contributed by atoms with van der Waals surface area (Å²) in [4.78, 5) is 10.8. The molecule has 2 nitrogen and oxygen atoms in total. The Morgan fingerprint density at radius 1 is 1.64 bits per heavy atom. The molecule has 2 aliphatic rings. The van der Waals surface area contributed by atoms with Gasteiger partial charge in [0, 0.05) is 11.4 Å². The molecule has 1 saturated carbocycles. The summed E-state index contributed by atoms with van der Waals surface area (Å²) in [6.07, 6.45) is 5.96. The van der Waals surface area contributed by atoms with Crippen LogP contribution in [0.25, 0.3) is 0 Å². The number of carboxylic acid groups (broad SMARTS) is 1. The highest BCUT2D eigenvalue weighted by Gasteiger charge is 2.45. The minimum absolute atomic E-state index is 0.234. The van der Waals surface area contributed by atoms with E-state index in [4.69, 9.17) is 0 Å². The quantitative estimate of drug-likeness (QED) is 0.507. The molecule has 0 saturated heterocycles. The van der Waals surface area contributed by atoms with Crippen LogP contribution in [-0.2, 0) is 4.79 Å². The van der Waals surface area contributed by atoms with Crippen LogP contribution in [0.3, 0.4) is 0 Å². The Morgan fingerprint density at radius 2 is 2.36 bits per heavy atom. The van der Waals surface area contributed by atoms with Crippen molar-refractivity contribution in [3.63, 3.8) is 0 Å². The van der Waals surface area contributed by atoms with Gasteiger partial charge in [-0.3, -0.25) is 0 Å². The van der Waals surface area contributed by atoms with Crippen molar-refractivity contribution in [2.75, 3.05) is 0 Å². The molecule has 0 aliphatic heterocycles. The summed E-state index contributed by atoms with van der Waals surface area (Å²) in [5.74, 6) is -0.144. The standard InChI is InChI=1S/C9H12O2/c1-9(8(10)11)5-6-2-3-7(9)4-6/h2-3,6-7H,4-5H2,1H3,(H,10,11)/p-1/t6-,7+,9+/m0/s1. The molecule has 0 N–H and O–H groups in total. The number of aliphatic carboxylic acids is 1. The van der Waals surface area contributed by atoms with Crippen molar-refractivity contribution >= 4 is 5.97 Å². The third-order valence-electron chi connectivity index (χ3n) is 3.14. The van der Waals surface area contributed by atoms with Gasteiger partial charge in [0.25, 0.3) is 0 Å². The highest BCUT2D eigenvalue weighted by molar-refractivity contribution is 5.73. The molecule has 0 aromatic heterocycles. The van der Waals surface area contributed by atoms with Crippen molar-refractivity contribution in [3.8, 4) is 0 Å². The van der Waals surface area contributed by atoms with E-state index in [9.17, 15) is 9.90 Å². The Morgan fingerprint density at radius 3 is 2.64 bits per heavy atom. The fourth-order valence-electron chi connectivity index (χ4n) is 2.33. The van der Waals surface area contributed by atoms with Crippen LogP contribution in [-0.4, -0.2) is 5.97 Å². The highest BCUT2D eigenvalue weighted by atomic mass is 16.4. The van der Waals surface area contributed by atoms with Crippen LogP contribution >= 0.6 is 0 Å². The van der Waals surface area contributed by atoms with E-state index < -0.39 is 11.4 Å². The smallest absolute Gasteiger partial charge is 0.0479 e. The second-order valence-corrected chi connectivity index (χ2v) is 3.90. The summed E-state index contributed by atoms with van der Waals surface area (Å²) < 4.78 is 0. The lowest BCUT2D eigenvalue weighted by Gasteiger charge is -2.32. The second-order valence-electron chi connectivity index (χ2n) is 3.90. The van der Waals surface area contributed by atoms with E-state index in [2.05, 4.69) is 6.08 Å². The van der Waals surface area contributed by atoms with Gasteiger partial charge in [0.15, 0.2) is 0 Å². The molecule has 2 rings (SSSR count). The van der Waals surface area contributed by atoms with E-state index >= 15 is 0 Å². The molecule has 60 valence electrons. The fraction of sp³-hybridized carbons (Fsp3) is 0.667. The maximum atomic E-state index is 10.8. The molecule has 0 spiro atoms. The number of hydrogen-bond donors (Lipinski definition) is 0. The van der Waals surface area contributed by atoms with Crippen molar-refractivity contribution in [3.05, 3.63) is 12.2 Å². The summed E-state index contributed by atoms with van der Waals surface area (Å²) >= 11 is 0. The molecule has 2 heteroatoms. The summed E-state index contributed by atoms with van der Waals surface area (Å²) in [5.41, 5.74) is -0.570. The lowest BCUT2D eigenvalue weighted by molar-refractivity contribution is -0.319. The predicted molar refractivity (Wildman–Crippen MR) is 38.5 cm³/mol. The van der Waals surface area contributed by atoms with Gasteiger partial charge in [-0.1, -0.05) is 19.1 Å². The lowest BCUT2D eigenvalue weighted by Crippen LogP contribution is -2.42. The minimum Gasteiger partial charge on any atom is -0.550 e. The van der Waals surface area contributed by atoms with Crippen LogP contribution < -0.4 is 5.11 Å². The van der Waals surface area contributed by atoms with Gasteiger partial charge in [-0.15, -0.1) is 0 Å². The van der Waals surface area contributed by atoms with Crippen molar-refractivity contribution in [2.45, 2.75) is 19.8 Å². The molecule has 0 amide bonds. The van der Waals surface area contributed by atoms with Gasteiger partial charge in [0.05, 0.1) is 0 Å². The Balaban J connectivity index is 2.30. The first kappa shape index (κ1) is 6.89. The molecular formula is C9H11O2-. The Labute approximate surface area is 65.9 Å². The van der Waals surface area contributed by atoms with Gasteiger partial charge in [0.2, 0.25) is 0 Å². The molecule has 0 unspecified atom stereocenters. The Hall–Kier alpha value is -0.790. The zero-order chi connectivity index (χ0) is 8.06. The number of hydrogen-bond acceptors (Lipinski definition) is 2. The number of fused-ring (bicyclic) bond motifs is 2. The van der Waals surface area contributed by atoms with Gasteiger partial charge < -0.3 is 9.90 Å². The van der Waals surface area contributed by atoms with E-state index in [1.165, 1.54) is 0 Å². The Kier molecular flexibility index (Phi) is 1.17. The highest BCUT2D eigenvalue weighted by Crippen LogP contribution is 2.51. The van der Waals surface area contributed by atoms with Crippen molar-refractivity contribution in [1.82, 2.24) is 0 Å². The molecule has 2 aliphatic carbocycles. The molecule has 2 bridgehead atoms. The van der Waals surface area contributed by atoms with Crippen LogP contribution in [0.2, 0.25) is 0 Å². The van der Waals surface area contributed by atoms with E-state index in [0.29, 0.717) is 5.92 Å². The maximum absolute atomic E-state index is 10.8. The zero-order valence-electron chi connectivity index (χ0n) is 6.54. The average Bonchev–Trinajstić information content (AvgIpc) is 2.45. The SMILES string of the molecule is C[C@@]1(C(=O)[O-])C[C@H]2C=C[C@@H]1C2. The van der Waals surface area contributed by atoms with Gasteiger partial charge >= 0.3 is 0 Å². The summed E-state index contributed by atoms with van der Waals surface area (Å²) in [5, 5.41) is 10.8. The summed E-state index contributed by atoms with van der Waals surface area (Å²) in [7, 11) is 0. The first-order valence-electron chi connectivity index (χ1n) is 4.03. The number of rotatable bonds is 1. The van der Waals surface area contributed by atoms with Crippen molar-refractivity contribution in [2.24, 2.45) is 17.3 Å². The molecule has 11 heavy (non-hydrogen) atoms. The van der Waals surface area contributed by atoms with E-state index in [1.807, 2.05) is 6.08 Å². The molecule has 0 heterocycles. The van der Waals surface area contributed by atoms with Crippen LogP contribution in [0.5, 0.6) is 0 Å². The third kappa shape index (κ3) is 0.753. The monoisotopic (exact) mass is 151 g/mol. The van der Waals surface area contributed by atoms with Gasteiger partial charge in [0.1, 0.15) is 0 Å². The first-order valence-corrected chi connectivity index (χ1v) is 4.03. The number of allylic oxidation sites excluding steroid dienone is 2. The number of carbonyl (C=O) groups is 1. The maximum Gasteiger partial charge on any atom is 0.0479 e. The second kappa shape index (κ2) is 1.87. The predicted octanol–water partition coefficient (Wildman–Crippen LogP) is 0.339. The minimum atomic E-state index is -0.880. The molecule has 0 radical (unpaired) electrons. The molecule has 0 aromatic rings. The van der Waals surface area contributed by atoms with Gasteiger partial charge in [-0.2, -0.15) is 0 Å². The number of carboxylic acids is 1. The normalized spacial score (nSPS) is 46.6. The number of carbonyl (C=O) groups excluding carboxylic acids is 1. The lowest BCUT2D eigenvalue weighted by atomic mass is 9.78. The largest absolute Gasteiger partial charge is 0.550 e. The van der Waals surface area contributed by atoms with Crippen molar-refractivity contribution < 1.29 is 9.90 Å². The topological polar surface area (TPSA) is 40.1 Å². The van der Waals surface area contributed by atoms with Gasteiger partial charge in [-0.25, -0.2) is 0 Å². The van der Waals surface area contributed by atoms with Crippen LogP contribution in [0.15, 0.2) is 12.2 Å². The van der Waals surface area contributed by atoms with E-state index in [0.717, 1.165) is 12.8 Å². The van der Waals surface area contributed by atoms with Crippen molar-refractivity contribution in [1.29, 1.82) is 0 Å². The van der Waals surface area contributed by atoms with Crippen LogP contribution in [0.4, 0.5) is 0 Å². The fourth-order valence-corrected chi connectivity index (χ4v) is 2.33. The molecule has 1 fully saturated rings. The van der Waals surface area contributed by atoms with Crippen LogP contribution in [0.1, 0.15) is 19.8 Å². The van der Waals surface area contributed by atoms with Gasteiger partial charge in [-0.05, 0) is 24.7 Å². The van der Waals surface area contributed by atoms with E-state index in [-0.39, 0.29) is 5.92 Å². The zero-order valence-corrected chi connectivity index (χ0v) is 6.54. The third-order valence-corrected chi connectivity index (χ3v) is 3.14. The first-order chi connectivity index (χ1) is 5.13.